The zero-order chi connectivity index (χ0) is 17.6. The molecule has 0 saturated carbocycles. The summed E-state index contributed by atoms with van der Waals surface area (Å²) in [5.41, 5.74) is 2.07. The van der Waals surface area contributed by atoms with Crippen molar-refractivity contribution in [3.8, 4) is 11.5 Å². The van der Waals surface area contributed by atoms with Crippen LogP contribution in [0.3, 0.4) is 0 Å². The second kappa shape index (κ2) is 8.61. The van der Waals surface area contributed by atoms with Crippen molar-refractivity contribution < 1.29 is 20.1 Å². The Kier molecular flexibility index (Phi) is 6.24. The van der Waals surface area contributed by atoms with Crippen LogP contribution in [-0.2, 0) is 6.42 Å². The van der Waals surface area contributed by atoms with Crippen LogP contribution in [0.15, 0.2) is 48.5 Å². The summed E-state index contributed by atoms with van der Waals surface area (Å²) in [5, 5.41) is 28.9. The van der Waals surface area contributed by atoms with E-state index < -0.39 is 0 Å². The Balaban J connectivity index is 1.71. The number of thioether (sulfide) groups is 1. The zero-order valence-electron chi connectivity index (χ0n) is 14.0. The van der Waals surface area contributed by atoms with E-state index >= 15 is 0 Å². The molecule has 5 heteroatoms. The quantitative estimate of drug-likeness (QED) is 0.737. The molecular weight excluding hydrogens is 336 g/mol. The fourth-order valence-electron chi connectivity index (χ4n) is 3.09. The summed E-state index contributed by atoms with van der Waals surface area (Å²) in [4.78, 5) is 0. The minimum Gasteiger partial charge on any atom is -0.508 e. The van der Waals surface area contributed by atoms with E-state index in [1.807, 2.05) is 36.4 Å². The monoisotopic (exact) mass is 360 g/mol. The molecule has 1 heterocycles. The van der Waals surface area contributed by atoms with Crippen molar-refractivity contribution in [1.29, 1.82) is 0 Å². The number of hydrogen-bond donors (Lipinski definition) is 3. The van der Waals surface area contributed by atoms with E-state index in [1.54, 1.807) is 23.9 Å². The van der Waals surface area contributed by atoms with E-state index in [-0.39, 0.29) is 29.1 Å². The van der Waals surface area contributed by atoms with Gasteiger partial charge in [-0.15, -0.1) is 11.8 Å². The number of para-hydroxylation sites is 1. The first-order chi connectivity index (χ1) is 12.1. The van der Waals surface area contributed by atoms with Crippen molar-refractivity contribution in [3.63, 3.8) is 0 Å². The molecule has 0 aromatic heterocycles. The SMILES string of the molecule is OCCC1CC(O)CC(Oc2ccccc2Cc2ccc(O)cc2)S1. The summed E-state index contributed by atoms with van der Waals surface area (Å²) in [6, 6.07) is 15.1. The standard InChI is InChI=1S/C20H24O4S/c21-10-9-18-12-17(23)13-20(25-18)24-19-4-2-1-3-15(19)11-14-5-7-16(22)8-6-14/h1-8,17-18,20-23H,9-13H2. The second-order valence-corrected chi connectivity index (χ2v) is 7.86. The lowest BCUT2D eigenvalue weighted by Crippen LogP contribution is -2.32. The maximum atomic E-state index is 10.1. The highest BCUT2D eigenvalue weighted by molar-refractivity contribution is 8.00. The maximum Gasteiger partial charge on any atom is 0.147 e. The number of ether oxygens (including phenoxy) is 1. The van der Waals surface area contributed by atoms with Gasteiger partial charge in [0.1, 0.15) is 16.9 Å². The van der Waals surface area contributed by atoms with Gasteiger partial charge in [0.2, 0.25) is 0 Å². The molecule has 0 amide bonds. The van der Waals surface area contributed by atoms with Gasteiger partial charge < -0.3 is 20.1 Å². The predicted octanol–water partition coefficient (Wildman–Crippen LogP) is 3.33. The number of phenols is 1. The summed E-state index contributed by atoms with van der Waals surface area (Å²) in [5.74, 6) is 1.08. The minimum absolute atomic E-state index is 0.110. The summed E-state index contributed by atoms with van der Waals surface area (Å²) < 4.78 is 6.20. The lowest BCUT2D eigenvalue weighted by atomic mass is 10.0. The lowest BCUT2D eigenvalue weighted by Gasteiger charge is -2.32. The van der Waals surface area contributed by atoms with Crippen LogP contribution in [0.5, 0.6) is 11.5 Å². The van der Waals surface area contributed by atoms with Gasteiger partial charge in [0.05, 0.1) is 6.10 Å². The fraction of sp³-hybridized carbons (Fsp3) is 0.400. The molecule has 0 bridgehead atoms. The van der Waals surface area contributed by atoms with Gasteiger partial charge in [-0.25, -0.2) is 0 Å². The van der Waals surface area contributed by atoms with Crippen molar-refractivity contribution in [2.24, 2.45) is 0 Å². The third-order valence-corrected chi connectivity index (χ3v) is 5.76. The van der Waals surface area contributed by atoms with Crippen molar-refractivity contribution in [1.82, 2.24) is 0 Å². The molecule has 2 aromatic rings. The van der Waals surface area contributed by atoms with Crippen molar-refractivity contribution >= 4 is 11.8 Å². The van der Waals surface area contributed by atoms with Gasteiger partial charge >= 0.3 is 0 Å². The van der Waals surface area contributed by atoms with Crippen molar-refractivity contribution in [2.75, 3.05) is 6.61 Å². The van der Waals surface area contributed by atoms with Gasteiger partial charge in [-0.3, -0.25) is 0 Å². The summed E-state index contributed by atoms with van der Waals surface area (Å²) in [7, 11) is 0. The molecule has 3 rings (SSSR count). The Labute approximate surface area is 152 Å². The lowest BCUT2D eigenvalue weighted by molar-refractivity contribution is 0.108. The average Bonchev–Trinajstić information content (AvgIpc) is 2.58. The van der Waals surface area contributed by atoms with E-state index in [0.717, 1.165) is 23.3 Å². The Morgan fingerprint density at radius 3 is 2.56 bits per heavy atom. The van der Waals surface area contributed by atoms with Gasteiger partial charge in [-0.1, -0.05) is 30.3 Å². The smallest absolute Gasteiger partial charge is 0.147 e. The first-order valence-corrected chi connectivity index (χ1v) is 9.55. The first-order valence-electron chi connectivity index (χ1n) is 8.61. The number of phenolic OH excluding ortho intramolecular Hbond substituents is 1. The first kappa shape index (κ1) is 18.1. The molecule has 3 N–H and O–H groups in total. The summed E-state index contributed by atoms with van der Waals surface area (Å²) in [6.07, 6.45) is 2.32. The van der Waals surface area contributed by atoms with Crippen molar-refractivity contribution in [2.45, 2.75) is 42.5 Å². The molecule has 134 valence electrons. The van der Waals surface area contributed by atoms with Gasteiger partial charge in [-0.2, -0.15) is 0 Å². The minimum atomic E-state index is -0.382. The molecule has 1 saturated heterocycles. The summed E-state index contributed by atoms with van der Waals surface area (Å²) in [6.45, 7) is 0.133. The molecule has 1 aliphatic rings. The molecular formula is C20H24O4S. The van der Waals surface area contributed by atoms with Gasteiger partial charge in [0.25, 0.3) is 0 Å². The van der Waals surface area contributed by atoms with Crippen LogP contribution in [0.2, 0.25) is 0 Å². The highest BCUT2D eigenvalue weighted by atomic mass is 32.2. The Morgan fingerprint density at radius 1 is 1.04 bits per heavy atom. The maximum absolute atomic E-state index is 10.1. The van der Waals surface area contributed by atoms with Crippen LogP contribution in [0.1, 0.15) is 30.4 Å². The van der Waals surface area contributed by atoms with Gasteiger partial charge in [0, 0.05) is 24.7 Å². The summed E-state index contributed by atoms with van der Waals surface area (Å²) >= 11 is 1.70. The molecule has 3 unspecified atom stereocenters. The Hall–Kier alpha value is -1.69. The molecule has 25 heavy (non-hydrogen) atoms. The molecule has 1 aliphatic heterocycles. The van der Waals surface area contributed by atoms with Crippen LogP contribution < -0.4 is 4.74 Å². The van der Waals surface area contributed by atoms with E-state index in [2.05, 4.69) is 0 Å². The van der Waals surface area contributed by atoms with Gasteiger partial charge in [0.15, 0.2) is 0 Å². The number of rotatable bonds is 6. The molecule has 0 aliphatic carbocycles. The Morgan fingerprint density at radius 2 is 1.80 bits per heavy atom. The fourth-order valence-corrected chi connectivity index (χ4v) is 4.59. The number of benzene rings is 2. The predicted molar refractivity (Wildman–Crippen MR) is 100 cm³/mol. The van der Waals surface area contributed by atoms with Crippen LogP contribution >= 0.6 is 11.8 Å². The molecule has 3 atom stereocenters. The third-order valence-electron chi connectivity index (χ3n) is 4.36. The van der Waals surface area contributed by atoms with Crippen LogP contribution in [0.25, 0.3) is 0 Å². The molecule has 1 fully saturated rings. The largest absolute Gasteiger partial charge is 0.508 e. The molecule has 4 nitrogen and oxygen atoms in total. The van der Waals surface area contributed by atoms with Crippen LogP contribution in [0.4, 0.5) is 0 Å². The van der Waals surface area contributed by atoms with E-state index in [0.29, 0.717) is 19.3 Å². The third kappa shape index (κ3) is 5.14. The highest BCUT2D eigenvalue weighted by Gasteiger charge is 2.29. The van der Waals surface area contributed by atoms with Crippen LogP contribution in [-0.4, -0.2) is 38.7 Å². The normalized spacial score (nSPS) is 23.4. The zero-order valence-corrected chi connectivity index (χ0v) is 14.9. The molecule has 0 radical (unpaired) electrons. The molecule has 2 aromatic carbocycles. The average molecular weight is 360 g/mol. The Bertz CT molecular complexity index is 674. The molecule has 0 spiro atoms. The number of aromatic hydroxyl groups is 1. The highest BCUT2D eigenvalue weighted by Crippen LogP contribution is 2.36. The van der Waals surface area contributed by atoms with Crippen molar-refractivity contribution in [3.05, 3.63) is 59.7 Å². The van der Waals surface area contributed by atoms with Crippen LogP contribution in [0, 0.1) is 0 Å². The van der Waals surface area contributed by atoms with E-state index in [9.17, 15) is 10.2 Å². The second-order valence-electron chi connectivity index (χ2n) is 6.39. The topological polar surface area (TPSA) is 69.9 Å². The van der Waals surface area contributed by atoms with Gasteiger partial charge in [-0.05, 0) is 42.2 Å². The number of aliphatic hydroxyl groups is 2. The van der Waals surface area contributed by atoms with E-state index in [4.69, 9.17) is 9.84 Å². The number of hydrogen-bond acceptors (Lipinski definition) is 5. The van der Waals surface area contributed by atoms with E-state index in [1.165, 1.54) is 0 Å². The number of aliphatic hydroxyl groups excluding tert-OH is 2.